The van der Waals surface area contributed by atoms with Crippen molar-refractivity contribution < 1.29 is 14.6 Å². The Labute approximate surface area is 141 Å². The molecule has 2 aromatic heterocycles. The molecule has 2 aromatic rings. The van der Waals surface area contributed by atoms with Crippen LogP contribution >= 0.6 is 0 Å². The van der Waals surface area contributed by atoms with Crippen LogP contribution in [-0.2, 0) is 4.74 Å². The van der Waals surface area contributed by atoms with E-state index in [1.807, 2.05) is 18.2 Å². The standard InChI is InChI=1S/C18H23N3O3/c22-13-3-5-14(6-4-13)24-18-15-2-1-7-19-16(15)12-17(20-18)21-8-10-23-11-9-21/h1-2,7,12-14,22H,3-6,8-11H2. The molecule has 1 N–H and O–H groups in total. The van der Waals surface area contributed by atoms with Crippen molar-refractivity contribution in [2.45, 2.75) is 37.9 Å². The lowest BCUT2D eigenvalue weighted by molar-refractivity contribution is 0.0651. The summed E-state index contributed by atoms with van der Waals surface area (Å²) in [6.07, 6.45) is 5.05. The van der Waals surface area contributed by atoms with Gasteiger partial charge in [-0.2, -0.15) is 4.98 Å². The highest BCUT2D eigenvalue weighted by atomic mass is 16.5. The molecule has 0 aromatic carbocycles. The Hall–Kier alpha value is -1.92. The molecule has 1 aliphatic heterocycles. The minimum absolute atomic E-state index is 0.115. The Morgan fingerprint density at radius 3 is 2.75 bits per heavy atom. The fourth-order valence-corrected chi connectivity index (χ4v) is 3.40. The van der Waals surface area contributed by atoms with Gasteiger partial charge in [-0.3, -0.25) is 4.98 Å². The molecule has 6 heteroatoms. The molecule has 0 unspecified atom stereocenters. The van der Waals surface area contributed by atoms with Crippen LogP contribution in [0.15, 0.2) is 24.4 Å². The van der Waals surface area contributed by atoms with E-state index in [0.717, 1.165) is 68.7 Å². The van der Waals surface area contributed by atoms with Gasteiger partial charge < -0.3 is 19.5 Å². The number of anilines is 1. The molecule has 6 nitrogen and oxygen atoms in total. The highest BCUT2D eigenvalue weighted by Gasteiger charge is 2.23. The molecular formula is C18H23N3O3. The lowest BCUT2D eigenvalue weighted by Crippen LogP contribution is -2.36. The number of fused-ring (bicyclic) bond motifs is 1. The monoisotopic (exact) mass is 329 g/mol. The maximum Gasteiger partial charge on any atom is 0.225 e. The van der Waals surface area contributed by atoms with E-state index in [9.17, 15) is 5.11 Å². The van der Waals surface area contributed by atoms with E-state index in [1.165, 1.54) is 0 Å². The topological polar surface area (TPSA) is 67.7 Å². The summed E-state index contributed by atoms with van der Waals surface area (Å²) < 4.78 is 11.7. The molecule has 1 saturated heterocycles. The van der Waals surface area contributed by atoms with Gasteiger partial charge in [0, 0.05) is 25.4 Å². The Morgan fingerprint density at radius 2 is 1.96 bits per heavy atom. The molecule has 128 valence electrons. The van der Waals surface area contributed by atoms with Crippen molar-refractivity contribution in [3.63, 3.8) is 0 Å². The van der Waals surface area contributed by atoms with Gasteiger partial charge in [0.25, 0.3) is 0 Å². The van der Waals surface area contributed by atoms with Crippen molar-refractivity contribution in [1.82, 2.24) is 9.97 Å². The Morgan fingerprint density at radius 1 is 1.17 bits per heavy atom. The molecule has 0 spiro atoms. The summed E-state index contributed by atoms with van der Waals surface area (Å²) in [5.74, 6) is 1.55. The number of pyridine rings is 2. The summed E-state index contributed by atoms with van der Waals surface area (Å²) in [5.41, 5.74) is 0.903. The van der Waals surface area contributed by atoms with Gasteiger partial charge in [0.15, 0.2) is 0 Å². The van der Waals surface area contributed by atoms with E-state index in [1.54, 1.807) is 6.20 Å². The largest absolute Gasteiger partial charge is 0.474 e. The third kappa shape index (κ3) is 3.30. The van der Waals surface area contributed by atoms with Crippen molar-refractivity contribution in [2.24, 2.45) is 0 Å². The average Bonchev–Trinajstić information content (AvgIpc) is 2.64. The van der Waals surface area contributed by atoms with E-state index in [4.69, 9.17) is 14.5 Å². The summed E-state index contributed by atoms with van der Waals surface area (Å²) >= 11 is 0. The second kappa shape index (κ2) is 6.91. The second-order valence-corrected chi connectivity index (χ2v) is 6.50. The van der Waals surface area contributed by atoms with E-state index in [0.29, 0.717) is 5.88 Å². The number of aliphatic hydroxyl groups is 1. The van der Waals surface area contributed by atoms with Crippen LogP contribution in [0.2, 0.25) is 0 Å². The van der Waals surface area contributed by atoms with Gasteiger partial charge in [0.05, 0.1) is 30.2 Å². The molecule has 24 heavy (non-hydrogen) atoms. The van der Waals surface area contributed by atoms with Crippen LogP contribution in [0.5, 0.6) is 5.88 Å². The van der Waals surface area contributed by atoms with Gasteiger partial charge in [-0.25, -0.2) is 0 Å². The first-order valence-corrected chi connectivity index (χ1v) is 8.73. The van der Waals surface area contributed by atoms with Crippen molar-refractivity contribution >= 4 is 16.7 Å². The van der Waals surface area contributed by atoms with E-state index in [2.05, 4.69) is 9.88 Å². The first kappa shape index (κ1) is 15.6. The van der Waals surface area contributed by atoms with Gasteiger partial charge in [-0.1, -0.05) is 0 Å². The maximum absolute atomic E-state index is 9.68. The zero-order valence-corrected chi connectivity index (χ0v) is 13.7. The van der Waals surface area contributed by atoms with Crippen molar-refractivity contribution in [3.05, 3.63) is 24.4 Å². The molecule has 0 amide bonds. The number of ether oxygens (including phenoxy) is 2. The summed E-state index contributed by atoms with van der Waals surface area (Å²) in [6, 6.07) is 5.94. The van der Waals surface area contributed by atoms with Crippen molar-refractivity contribution in [2.75, 3.05) is 31.2 Å². The Bertz CT molecular complexity index is 695. The fraction of sp³-hybridized carbons (Fsp3) is 0.556. The molecule has 3 heterocycles. The molecule has 0 atom stereocenters. The molecule has 2 fully saturated rings. The molecule has 2 aliphatic rings. The number of hydrogen-bond donors (Lipinski definition) is 1. The van der Waals surface area contributed by atoms with Gasteiger partial charge in [0.1, 0.15) is 11.9 Å². The highest BCUT2D eigenvalue weighted by Crippen LogP contribution is 2.30. The van der Waals surface area contributed by atoms with Crippen LogP contribution in [0.3, 0.4) is 0 Å². The molecule has 0 radical (unpaired) electrons. The van der Waals surface area contributed by atoms with E-state index >= 15 is 0 Å². The molecule has 0 bridgehead atoms. The first-order chi connectivity index (χ1) is 11.8. The predicted molar refractivity (Wildman–Crippen MR) is 91.5 cm³/mol. The first-order valence-electron chi connectivity index (χ1n) is 8.73. The summed E-state index contributed by atoms with van der Waals surface area (Å²) in [6.45, 7) is 3.11. The summed E-state index contributed by atoms with van der Waals surface area (Å²) in [7, 11) is 0. The minimum atomic E-state index is -0.184. The van der Waals surface area contributed by atoms with Gasteiger partial charge in [-0.15, -0.1) is 0 Å². The van der Waals surface area contributed by atoms with Crippen LogP contribution in [0.25, 0.3) is 10.9 Å². The number of rotatable bonds is 3. The zero-order chi connectivity index (χ0) is 16.4. The second-order valence-electron chi connectivity index (χ2n) is 6.50. The van der Waals surface area contributed by atoms with Crippen LogP contribution < -0.4 is 9.64 Å². The molecule has 1 saturated carbocycles. The molecule has 1 aliphatic carbocycles. The maximum atomic E-state index is 9.68. The lowest BCUT2D eigenvalue weighted by Gasteiger charge is -2.29. The number of aliphatic hydroxyl groups excluding tert-OH is 1. The quantitative estimate of drug-likeness (QED) is 0.931. The van der Waals surface area contributed by atoms with Crippen molar-refractivity contribution in [1.29, 1.82) is 0 Å². The van der Waals surface area contributed by atoms with E-state index < -0.39 is 0 Å². The van der Waals surface area contributed by atoms with Gasteiger partial charge >= 0.3 is 0 Å². The SMILES string of the molecule is OC1CCC(Oc2nc(N3CCOCC3)cc3ncccc23)CC1. The smallest absolute Gasteiger partial charge is 0.225 e. The number of aromatic nitrogens is 2. The van der Waals surface area contributed by atoms with Gasteiger partial charge in [0.2, 0.25) is 5.88 Å². The Kier molecular flexibility index (Phi) is 4.49. The lowest BCUT2D eigenvalue weighted by atomic mass is 9.95. The van der Waals surface area contributed by atoms with Crippen LogP contribution in [0.4, 0.5) is 5.82 Å². The third-order valence-corrected chi connectivity index (χ3v) is 4.81. The number of hydrogen-bond acceptors (Lipinski definition) is 6. The third-order valence-electron chi connectivity index (χ3n) is 4.81. The van der Waals surface area contributed by atoms with Crippen molar-refractivity contribution in [3.8, 4) is 5.88 Å². The van der Waals surface area contributed by atoms with Crippen LogP contribution in [0.1, 0.15) is 25.7 Å². The summed E-state index contributed by atoms with van der Waals surface area (Å²) in [4.78, 5) is 11.5. The number of morpholine rings is 1. The fourth-order valence-electron chi connectivity index (χ4n) is 3.40. The number of nitrogens with zero attached hydrogens (tertiary/aromatic N) is 3. The predicted octanol–water partition coefficient (Wildman–Crippen LogP) is 2.15. The average molecular weight is 329 g/mol. The van der Waals surface area contributed by atoms with Gasteiger partial charge in [-0.05, 0) is 37.8 Å². The zero-order valence-electron chi connectivity index (χ0n) is 13.7. The minimum Gasteiger partial charge on any atom is -0.474 e. The van der Waals surface area contributed by atoms with E-state index in [-0.39, 0.29) is 12.2 Å². The molecular weight excluding hydrogens is 306 g/mol. The molecule has 4 rings (SSSR count). The highest BCUT2D eigenvalue weighted by molar-refractivity contribution is 5.85. The van der Waals surface area contributed by atoms with Crippen LogP contribution in [0, 0.1) is 0 Å². The summed E-state index contributed by atoms with van der Waals surface area (Å²) in [5, 5.41) is 10.6. The normalized spacial score (nSPS) is 25.0. The van der Waals surface area contributed by atoms with Crippen LogP contribution in [-0.4, -0.2) is 53.6 Å². The Balaban J connectivity index is 1.64.